The van der Waals surface area contributed by atoms with Crippen LogP contribution in [0.15, 0.2) is 23.5 Å². The highest BCUT2D eigenvalue weighted by Crippen LogP contribution is 2.05. The fourth-order valence-electron chi connectivity index (χ4n) is 2.83. The molecule has 0 unspecified atom stereocenters. The second-order valence-electron chi connectivity index (χ2n) is 6.66. The smallest absolute Gasteiger partial charge is 0.191 e. The van der Waals surface area contributed by atoms with E-state index >= 15 is 0 Å². The topological polar surface area (TPSA) is 52.6 Å². The molecule has 2 N–H and O–H groups in total. The fraction of sp³-hybridized carbons (Fsp3) is 0.684. The lowest BCUT2D eigenvalue weighted by Crippen LogP contribution is -2.41. The van der Waals surface area contributed by atoms with E-state index in [9.17, 15) is 0 Å². The Labute approximate surface area is 148 Å². The van der Waals surface area contributed by atoms with E-state index in [0.29, 0.717) is 12.1 Å². The van der Waals surface area contributed by atoms with Crippen LogP contribution < -0.4 is 10.6 Å². The molecule has 0 amide bonds. The molecule has 0 aliphatic carbocycles. The minimum absolute atomic E-state index is 0.547. The predicted molar refractivity (Wildman–Crippen MR) is 104 cm³/mol. The predicted octanol–water partition coefficient (Wildman–Crippen LogP) is 2.61. The summed E-state index contributed by atoms with van der Waals surface area (Å²) in [5, 5.41) is 6.75. The van der Waals surface area contributed by atoms with Crippen molar-refractivity contribution in [2.45, 2.75) is 60.0 Å². The zero-order valence-corrected chi connectivity index (χ0v) is 16.3. The largest absolute Gasteiger partial charge is 0.357 e. The van der Waals surface area contributed by atoms with Gasteiger partial charge in [0.15, 0.2) is 5.96 Å². The van der Waals surface area contributed by atoms with E-state index in [1.54, 1.807) is 0 Å². The number of hydrogen-bond donors (Lipinski definition) is 2. The molecular weight excluding hydrogens is 298 g/mol. The van der Waals surface area contributed by atoms with Crippen LogP contribution in [0, 0.1) is 6.92 Å². The van der Waals surface area contributed by atoms with Gasteiger partial charge in [-0.05, 0) is 65.2 Å². The molecule has 24 heavy (non-hydrogen) atoms. The molecule has 1 rings (SSSR count). The second kappa shape index (κ2) is 11.0. The van der Waals surface area contributed by atoms with Crippen molar-refractivity contribution < 1.29 is 0 Å². The summed E-state index contributed by atoms with van der Waals surface area (Å²) in [5.74, 6) is 0.900. The number of hydrogen-bond acceptors (Lipinski definition) is 3. The van der Waals surface area contributed by atoms with Crippen LogP contribution in [-0.2, 0) is 6.42 Å². The van der Waals surface area contributed by atoms with Gasteiger partial charge in [0.2, 0.25) is 0 Å². The summed E-state index contributed by atoms with van der Waals surface area (Å²) in [6.07, 6.45) is 4.75. The van der Waals surface area contributed by atoms with Gasteiger partial charge in [0.1, 0.15) is 0 Å². The molecule has 1 heterocycles. The van der Waals surface area contributed by atoms with Crippen molar-refractivity contribution in [3.63, 3.8) is 0 Å². The highest BCUT2D eigenvalue weighted by molar-refractivity contribution is 5.79. The van der Waals surface area contributed by atoms with Gasteiger partial charge in [-0.1, -0.05) is 0 Å². The van der Waals surface area contributed by atoms with Crippen LogP contribution in [0.25, 0.3) is 0 Å². The summed E-state index contributed by atoms with van der Waals surface area (Å²) in [6, 6.07) is 3.18. The summed E-state index contributed by atoms with van der Waals surface area (Å²) >= 11 is 0. The van der Waals surface area contributed by atoms with Gasteiger partial charge in [0.25, 0.3) is 0 Å². The van der Waals surface area contributed by atoms with Gasteiger partial charge >= 0.3 is 0 Å². The number of nitrogens with one attached hydrogen (secondary N) is 2. The number of aromatic nitrogens is 1. The summed E-state index contributed by atoms with van der Waals surface area (Å²) in [4.78, 5) is 11.3. The molecule has 0 spiro atoms. The Morgan fingerprint density at radius 1 is 1.21 bits per heavy atom. The minimum Gasteiger partial charge on any atom is -0.357 e. The normalized spacial score (nSPS) is 12.3. The number of nitrogens with zero attached hydrogens (tertiary/aromatic N) is 3. The zero-order chi connectivity index (χ0) is 17.9. The SMILES string of the molecule is CCNC(=NCCN(C(C)C)C(C)C)NCCc1ccncc1C. The number of pyridine rings is 1. The van der Waals surface area contributed by atoms with Crippen molar-refractivity contribution >= 4 is 5.96 Å². The Morgan fingerprint density at radius 3 is 2.50 bits per heavy atom. The maximum Gasteiger partial charge on any atom is 0.191 e. The van der Waals surface area contributed by atoms with E-state index in [1.165, 1.54) is 11.1 Å². The van der Waals surface area contributed by atoms with E-state index in [4.69, 9.17) is 4.99 Å². The average Bonchev–Trinajstić information content (AvgIpc) is 2.52. The molecule has 0 radical (unpaired) electrons. The standard InChI is InChI=1S/C19H35N5/c1-7-21-19(23-12-13-24(15(2)3)16(4)5)22-11-9-18-8-10-20-14-17(18)6/h8,10,14-16H,7,9,11-13H2,1-6H3,(H2,21,22,23). The fourth-order valence-corrected chi connectivity index (χ4v) is 2.83. The van der Waals surface area contributed by atoms with E-state index in [2.05, 4.69) is 68.1 Å². The molecule has 0 fully saturated rings. The molecule has 1 aromatic heterocycles. The third-order valence-corrected chi connectivity index (χ3v) is 4.12. The highest BCUT2D eigenvalue weighted by Gasteiger charge is 2.12. The quantitative estimate of drug-likeness (QED) is 0.539. The third kappa shape index (κ3) is 7.30. The van der Waals surface area contributed by atoms with E-state index < -0.39 is 0 Å². The molecule has 0 saturated carbocycles. The number of rotatable bonds is 9. The molecular formula is C19H35N5. The van der Waals surface area contributed by atoms with Gasteiger partial charge in [-0.3, -0.25) is 14.9 Å². The number of aliphatic imine (C=N–C) groups is 1. The highest BCUT2D eigenvalue weighted by atomic mass is 15.2. The maximum atomic E-state index is 4.71. The van der Waals surface area contributed by atoms with Crippen LogP contribution in [-0.4, -0.2) is 54.1 Å². The first-order valence-corrected chi connectivity index (χ1v) is 9.13. The Morgan fingerprint density at radius 2 is 1.92 bits per heavy atom. The van der Waals surface area contributed by atoms with Crippen molar-refractivity contribution in [3.8, 4) is 0 Å². The summed E-state index contributed by atoms with van der Waals surface area (Å²) in [5.41, 5.74) is 2.57. The molecule has 1 aromatic rings. The Kier molecular flexibility index (Phi) is 9.38. The molecule has 0 aromatic carbocycles. The van der Waals surface area contributed by atoms with Crippen molar-refractivity contribution in [2.24, 2.45) is 4.99 Å². The van der Waals surface area contributed by atoms with Crippen molar-refractivity contribution in [1.29, 1.82) is 0 Å². The molecule has 5 heteroatoms. The second-order valence-corrected chi connectivity index (χ2v) is 6.66. The maximum absolute atomic E-state index is 4.71. The summed E-state index contributed by atoms with van der Waals surface area (Å²) in [6.45, 7) is 16.7. The van der Waals surface area contributed by atoms with Gasteiger partial charge in [-0.25, -0.2) is 0 Å². The van der Waals surface area contributed by atoms with E-state index in [0.717, 1.165) is 38.6 Å². The lowest BCUT2D eigenvalue weighted by Gasteiger charge is -2.29. The molecule has 0 bridgehead atoms. The average molecular weight is 334 g/mol. The first-order valence-electron chi connectivity index (χ1n) is 9.13. The van der Waals surface area contributed by atoms with Crippen LogP contribution in [0.5, 0.6) is 0 Å². The van der Waals surface area contributed by atoms with Gasteiger partial charge < -0.3 is 10.6 Å². The number of aryl methyl sites for hydroxylation is 1. The molecule has 0 saturated heterocycles. The van der Waals surface area contributed by atoms with Crippen molar-refractivity contribution in [2.75, 3.05) is 26.2 Å². The summed E-state index contributed by atoms with van der Waals surface area (Å²) < 4.78 is 0. The third-order valence-electron chi connectivity index (χ3n) is 4.12. The zero-order valence-electron chi connectivity index (χ0n) is 16.3. The molecule has 136 valence electrons. The van der Waals surface area contributed by atoms with Gasteiger partial charge in [-0.2, -0.15) is 0 Å². The van der Waals surface area contributed by atoms with Crippen LogP contribution >= 0.6 is 0 Å². The lowest BCUT2D eigenvalue weighted by molar-refractivity contribution is 0.181. The van der Waals surface area contributed by atoms with Crippen LogP contribution in [0.1, 0.15) is 45.7 Å². The van der Waals surface area contributed by atoms with Crippen molar-refractivity contribution in [1.82, 2.24) is 20.5 Å². The van der Waals surface area contributed by atoms with Gasteiger partial charge in [0.05, 0.1) is 6.54 Å². The molecule has 5 nitrogen and oxygen atoms in total. The first kappa shape index (κ1) is 20.4. The Hall–Kier alpha value is -1.62. The van der Waals surface area contributed by atoms with Crippen LogP contribution in [0.2, 0.25) is 0 Å². The van der Waals surface area contributed by atoms with Gasteiger partial charge in [0, 0.05) is 44.1 Å². The minimum atomic E-state index is 0.547. The molecule has 0 aliphatic rings. The monoisotopic (exact) mass is 333 g/mol. The van der Waals surface area contributed by atoms with Gasteiger partial charge in [-0.15, -0.1) is 0 Å². The van der Waals surface area contributed by atoms with E-state index in [-0.39, 0.29) is 0 Å². The van der Waals surface area contributed by atoms with Crippen LogP contribution in [0.4, 0.5) is 0 Å². The first-order chi connectivity index (χ1) is 11.5. The van der Waals surface area contributed by atoms with Crippen molar-refractivity contribution in [3.05, 3.63) is 29.6 Å². The number of guanidine groups is 1. The lowest BCUT2D eigenvalue weighted by atomic mass is 10.1. The molecule has 0 aliphatic heterocycles. The Balaban J connectivity index is 2.49. The summed E-state index contributed by atoms with van der Waals surface area (Å²) in [7, 11) is 0. The van der Waals surface area contributed by atoms with E-state index in [1.807, 2.05) is 12.4 Å². The Bertz CT molecular complexity index is 488. The van der Waals surface area contributed by atoms with Crippen LogP contribution in [0.3, 0.4) is 0 Å². The molecule has 0 atom stereocenters.